The Morgan fingerprint density at radius 3 is 1.93 bits per heavy atom. The quantitative estimate of drug-likeness (QED) is 0.713. The lowest BCUT2D eigenvalue weighted by Gasteiger charge is -2.27. The SMILES string of the molecule is O=C(O)CC(CCO)C(F)(F)C(F)(F)F. The lowest BCUT2D eigenvalue weighted by Crippen LogP contribution is -2.44. The Hall–Kier alpha value is -0.920. The van der Waals surface area contributed by atoms with Gasteiger partial charge in [0.15, 0.2) is 0 Å². The van der Waals surface area contributed by atoms with Crippen molar-refractivity contribution in [2.75, 3.05) is 6.61 Å². The van der Waals surface area contributed by atoms with E-state index in [4.69, 9.17) is 10.2 Å². The zero-order chi connectivity index (χ0) is 12.3. The summed E-state index contributed by atoms with van der Waals surface area (Å²) in [7, 11) is 0. The third-order valence-corrected chi connectivity index (χ3v) is 1.79. The molecule has 0 aliphatic heterocycles. The topological polar surface area (TPSA) is 57.5 Å². The van der Waals surface area contributed by atoms with E-state index in [-0.39, 0.29) is 0 Å². The molecule has 0 aromatic rings. The second-order valence-corrected chi connectivity index (χ2v) is 2.93. The third kappa shape index (κ3) is 3.61. The van der Waals surface area contributed by atoms with Crippen LogP contribution < -0.4 is 0 Å². The van der Waals surface area contributed by atoms with E-state index >= 15 is 0 Å². The molecule has 0 fully saturated rings. The van der Waals surface area contributed by atoms with Gasteiger partial charge in [-0.2, -0.15) is 22.0 Å². The van der Waals surface area contributed by atoms with Crippen molar-refractivity contribution in [2.24, 2.45) is 5.92 Å². The number of aliphatic hydroxyl groups is 1. The second kappa shape index (κ2) is 4.73. The van der Waals surface area contributed by atoms with Crippen LogP contribution in [0.5, 0.6) is 0 Å². The molecule has 0 spiro atoms. The van der Waals surface area contributed by atoms with E-state index in [0.717, 1.165) is 0 Å². The van der Waals surface area contributed by atoms with Gasteiger partial charge in [-0.25, -0.2) is 0 Å². The van der Waals surface area contributed by atoms with Crippen LogP contribution in [0.3, 0.4) is 0 Å². The zero-order valence-electron chi connectivity index (χ0n) is 7.39. The molecule has 15 heavy (non-hydrogen) atoms. The molecular formula is C7H9F5O3. The van der Waals surface area contributed by atoms with Crippen LogP contribution in [0.1, 0.15) is 12.8 Å². The average Bonchev–Trinajstić information content (AvgIpc) is 2.00. The summed E-state index contributed by atoms with van der Waals surface area (Å²) >= 11 is 0. The maximum Gasteiger partial charge on any atom is 0.453 e. The first-order valence-corrected chi connectivity index (χ1v) is 3.90. The smallest absolute Gasteiger partial charge is 0.453 e. The maximum atomic E-state index is 12.6. The predicted octanol–water partition coefficient (Wildman–Crippen LogP) is 1.66. The molecule has 0 aliphatic carbocycles. The first-order chi connectivity index (χ1) is 6.63. The van der Waals surface area contributed by atoms with Gasteiger partial charge in [0, 0.05) is 12.5 Å². The van der Waals surface area contributed by atoms with Crippen LogP contribution in [0, 0.1) is 5.92 Å². The highest BCUT2D eigenvalue weighted by Crippen LogP contribution is 2.43. The van der Waals surface area contributed by atoms with Crippen LogP contribution in [0.2, 0.25) is 0 Å². The molecule has 0 aromatic carbocycles. The minimum absolute atomic E-state index is 0.918. The van der Waals surface area contributed by atoms with Crippen LogP contribution in [-0.2, 0) is 4.79 Å². The largest absolute Gasteiger partial charge is 0.481 e. The molecule has 90 valence electrons. The van der Waals surface area contributed by atoms with Crippen molar-refractivity contribution in [1.29, 1.82) is 0 Å². The molecule has 0 amide bonds. The van der Waals surface area contributed by atoms with Crippen molar-refractivity contribution in [3.8, 4) is 0 Å². The monoisotopic (exact) mass is 236 g/mol. The molecule has 0 saturated heterocycles. The third-order valence-electron chi connectivity index (χ3n) is 1.79. The second-order valence-electron chi connectivity index (χ2n) is 2.93. The molecule has 2 N–H and O–H groups in total. The van der Waals surface area contributed by atoms with E-state index in [0.29, 0.717) is 0 Å². The maximum absolute atomic E-state index is 12.6. The fraction of sp³-hybridized carbons (Fsp3) is 0.857. The summed E-state index contributed by atoms with van der Waals surface area (Å²) in [6, 6.07) is 0. The summed E-state index contributed by atoms with van der Waals surface area (Å²) in [5.74, 6) is -9.31. The van der Waals surface area contributed by atoms with E-state index < -0.39 is 43.4 Å². The van der Waals surface area contributed by atoms with Crippen LogP contribution >= 0.6 is 0 Å². The molecule has 3 nitrogen and oxygen atoms in total. The summed E-state index contributed by atoms with van der Waals surface area (Å²) < 4.78 is 60.8. The number of hydrogen-bond acceptors (Lipinski definition) is 2. The summed E-state index contributed by atoms with van der Waals surface area (Å²) in [6.45, 7) is -0.927. The molecule has 1 atom stereocenters. The van der Waals surface area contributed by atoms with E-state index in [2.05, 4.69) is 0 Å². The van der Waals surface area contributed by atoms with Gasteiger partial charge < -0.3 is 10.2 Å². The van der Waals surface area contributed by atoms with Gasteiger partial charge in [0.05, 0.1) is 6.42 Å². The van der Waals surface area contributed by atoms with Crippen molar-refractivity contribution in [3.05, 3.63) is 0 Å². The molecule has 8 heteroatoms. The number of carboxylic acid groups (broad SMARTS) is 1. The number of aliphatic hydroxyl groups excluding tert-OH is 1. The van der Waals surface area contributed by atoms with E-state index in [1.165, 1.54) is 0 Å². The fourth-order valence-electron chi connectivity index (χ4n) is 1.01. The van der Waals surface area contributed by atoms with E-state index in [1.807, 2.05) is 0 Å². The normalized spacial score (nSPS) is 15.1. The van der Waals surface area contributed by atoms with Crippen molar-refractivity contribution in [2.45, 2.75) is 24.9 Å². The molecule has 0 heterocycles. The number of carbonyl (C=O) groups is 1. The van der Waals surface area contributed by atoms with Crippen molar-refractivity contribution >= 4 is 5.97 Å². The van der Waals surface area contributed by atoms with Crippen LogP contribution in [0.4, 0.5) is 22.0 Å². The highest BCUT2D eigenvalue weighted by molar-refractivity contribution is 5.67. The minimum atomic E-state index is -5.80. The highest BCUT2D eigenvalue weighted by Gasteiger charge is 2.62. The summed E-state index contributed by atoms with van der Waals surface area (Å²) in [4.78, 5) is 10.1. The Bertz CT molecular complexity index is 225. The number of halogens is 5. The van der Waals surface area contributed by atoms with Gasteiger partial charge in [0.25, 0.3) is 0 Å². The number of hydrogen-bond donors (Lipinski definition) is 2. The number of alkyl halides is 5. The molecule has 0 rings (SSSR count). The van der Waals surface area contributed by atoms with Gasteiger partial charge in [0.2, 0.25) is 0 Å². The summed E-state index contributed by atoms with van der Waals surface area (Å²) in [6.07, 6.45) is -8.06. The Balaban J connectivity index is 4.81. The fourth-order valence-corrected chi connectivity index (χ4v) is 1.01. The van der Waals surface area contributed by atoms with Gasteiger partial charge >= 0.3 is 18.1 Å². The van der Waals surface area contributed by atoms with Crippen molar-refractivity contribution in [3.63, 3.8) is 0 Å². The van der Waals surface area contributed by atoms with Crippen molar-refractivity contribution < 1.29 is 37.0 Å². The lowest BCUT2D eigenvalue weighted by atomic mass is 9.94. The van der Waals surface area contributed by atoms with Crippen LogP contribution in [0.25, 0.3) is 0 Å². The minimum Gasteiger partial charge on any atom is -0.481 e. The molecular weight excluding hydrogens is 227 g/mol. The Kier molecular flexibility index (Phi) is 4.44. The number of rotatable bonds is 5. The molecule has 0 saturated carbocycles. The first kappa shape index (κ1) is 14.1. The van der Waals surface area contributed by atoms with Gasteiger partial charge in [-0.3, -0.25) is 4.79 Å². The van der Waals surface area contributed by atoms with E-state index in [9.17, 15) is 26.7 Å². The standard InChI is InChI=1S/C7H9F5O3/c8-6(9,7(10,11)12)4(1-2-13)3-5(14)15/h4,13H,1-3H2,(H,14,15). The van der Waals surface area contributed by atoms with Gasteiger partial charge in [-0.1, -0.05) is 0 Å². The molecule has 0 radical (unpaired) electrons. The molecule has 0 aliphatic rings. The molecule has 0 aromatic heterocycles. The number of aliphatic carboxylic acids is 1. The van der Waals surface area contributed by atoms with Gasteiger partial charge in [-0.05, 0) is 6.42 Å². The Morgan fingerprint density at radius 2 is 1.67 bits per heavy atom. The van der Waals surface area contributed by atoms with Crippen LogP contribution in [-0.4, -0.2) is 34.9 Å². The van der Waals surface area contributed by atoms with Crippen molar-refractivity contribution in [1.82, 2.24) is 0 Å². The summed E-state index contributed by atoms with van der Waals surface area (Å²) in [5, 5.41) is 16.4. The highest BCUT2D eigenvalue weighted by atomic mass is 19.4. The summed E-state index contributed by atoms with van der Waals surface area (Å²) in [5.41, 5.74) is 0. The van der Waals surface area contributed by atoms with Gasteiger partial charge in [0.1, 0.15) is 0 Å². The lowest BCUT2D eigenvalue weighted by molar-refractivity contribution is -0.304. The van der Waals surface area contributed by atoms with Gasteiger partial charge in [-0.15, -0.1) is 0 Å². The first-order valence-electron chi connectivity index (χ1n) is 3.90. The number of carboxylic acids is 1. The Morgan fingerprint density at radius 1 is 1.20 bits per heavy atom. The van der Waals surface area contributed by atoms with Crippen LogP contribution in [0.15, 0.2) is 0 Å². The van der Waals surface area contributed by atoms with E-state index in [1.54, 1.807) is 0 Å². The Labute approximate surface area is 81.5 Å². The molecule has 0 bridgehead atoms. The zero-order valence-corrected chi connectivity index (χ0v) is 7.39. The predicted molar refractivity (Wildman–Crippen MR) is 38.4 cm³/mol. The average molecular weight is 236 g/mol. The molecule has 1 unspecified atom stereocenters.